The second-order valence-electron chi connectivity index (χ2n) is 12.2. The van der Waals surface area contributed by atoms with Gasteiger partial charge in [0.05, 0.1) is 5.41 Å². The number of hydrogen-bond donors (Lipinski definition) is 2. The summed E-state index contributed by atoms with van der Waals surface area (Å²) >= 11 is 1.23. The van der Waals surface area contributed by atoms with Crippen molar-refractivity contribution in [1.29, 1.82) is 0 Å². The van der Waals surface area contributed by atoms with Gasteiger partial charge in [0.25, 0.3) is 5.91 Å². The molecule has 238 valence electrons. The fourth-order valence-corrected chi connectivity index (χ4v) is 5.98. The summed E-state index contributed by atoms with van der Waals surface area (Å²) in [4.78, 5) is 57.1. The van der Waals surface area contributed by atoms with Crippen LogP contribution in [-0.2, 0) is 25.5 Å². The van der Waals surface area contributed by atoms with E-state index >= 15 is 0 Å². The Morgan fingerprint density at radius 3 is 2.33 bits per heavy atom. The van der Waals surface area contributed by atoms with Crippen LogP contribution in [0.15, 0.2) is 35.7 Å². The molecule has 10 heteroatoms. The van der Waals surface area contributed by atoms with E-state index in [-0.39, 0.29) is 30.0 Å². The number of benzene rings is 1. The second-order valence-corrected chi connectivity index (χ2v) is 13.0. The van der Waals surface area contributed by atoms with Crippen LogP contribution in [0.5, 0.6) is 0 Å². The normalized spacial score (nSPS) is 13.7. The van der Waals surface area contributed by atoms with Crippen molar-refractivity contribution in [3.05, 3.63) is 52.0 Å². The molecule has 2 amide bonds. The third-order valence-electron chi connectivity index (χ3n) is 7.49. The van der Waals surface area contributed by atoms with E-state index in [2.05, 4.69) is 31.1 Å². The molecule has 0 fully saturated rings. The standard InChI is InChI=1S/C33H49N3O6S/c1-8-10-16-29(38)36(17-9-2)27(22(3)4)19-28(42-23(5)37)31-35-26(21-43-31)30(39)34-25(20-33(6,7)32(40)41)18-24-14-12-11-13-15-24/h11-15,21-22,25,27-28H,8-10,16-20H2,1-7H3,(H,34,39)(H,40,41). The van der Waals surface area contributed by atoms with Crippen molar-refractivity contribution in [3.8, 4) is 0 Å². The average Bonchev–Trinajstić information content (AvgIpc) is 3.43. The van der Waals surface area contributed by atoms with Gasteiger partial charge in [0.2, 0.25) is 5.91 Å². The molecule has 1 aromatic carbocycles. The molecule has 1 heterocycles. The molecule has 0 saturated carbocycles. The van der Waals surface area contributed by atoms with Crippen LogP contribution in [-0.4, -0.2) is 57.4 Å². The van der Waals surface area contributed by atoms with Crippen LogP contribution >= 0.6 is 11.3 Å². The number of carboxylic acid groups (broad SMARTS) is 1. The Kier molecular flexibility index (Phi) is 14.3. The Hall–Kier alpha value is -3.27. The van der Waals surface area contributed by atoms with Crippen LogP contribution in [0.1, 0.15) is 114 Å². The summed E-state index contributed by atoms with van der Waals surface area (Å²) in [5, 5.41) is 14.8. The van der Waals surface area contributed by atoms with Gasteiger partial charge in [-0.15, -0.1) is 11.3 Å². The lowest BCUT2D eigenvalue weighted by Crippen LogP contribution is -2.44. The summed E-state index contributed by atoms with van der Waals surface area (Å²) in [6, 6.07) is 8.97. The number of ether oxygens (including phenoxy) is 1. The van der Waals surface area contributed by atoms with Gasteiger partial charge in [-0.2, -0.15) is 0 Å². The lowest BCUT2D eigenvalue weighted by atomic mass is 9.84. The van der Waals surface area contributed by atoms with Gasteiger partial charge in [-0.1, -0.05) is 64.4 Å². The summed E-state index contributed by atoms with van der Waals surface area (Å²) in [7, 11) is 0. The Bertz CT molecular complexity index is 1200. The zero-order valence-electron chi connectivity index (χ0n) is 26.7. The van der Waals surface area contributed by atoms with Crippen LogP contribution in [0.25, 0.3) is 0 Å². The van der Waals surface area contributed by atoms with E-state index in [4.69, 9.17) is 4.74 Å². The molecule has 2 rings (SSSR count). The first kappa shape index (κ1) is 35.9. The highest BCUT2D eigenvalue weighted by Crippen LogP contribution is 2.31. The first-order valence-electron chi connectivity index (χ1n) is 15.3. The van der Waals surface area contributed by atoms with E-state index < -0.39 is 35.4 Å². The summed E-state index contributed by atoms with van der Waals surface area (Å²) in [6.45, 7) is 13.4. The number of aromatic nitrogens is 1. The molecule has 9 nitrogen and oxygen atoms in total. The number of thiazole rings is 1. The maximum Gasteiger partial charge on any atom is 0.309 e. The molecular weight excluding hydrogens is 566 g/mol. The Labute approximate surface area is 260 Å². The molecule has 0 aliphatic heterocycles. The van der Waals surface area contributed by atoms with Crippen LogP contribution in [0.4, 0.5) is 0 Å². The number of esters is 1. The quantitative estimate of drug-likeness (QED) is 0.185. The zero-order chi connectivity index (χ0) is 32.2. The molecule has 2 N–H and O–H groups in total. The summed E-state index contributed by atoms with van der Waals surface area (Å²) in [5.74, 6) is -1.63. The average molecular weight is 616 g/mol. The first-order valence-corrected chi connectivity index (χ1v) is 16.2. The highest BCUT2D eigenvalue weighted by Gasteiger charge is 2.34. The number of aliphatic carboxylic acids is 1. The van der Waals surface area contributed by atoms with Crippen molar-refractivity contribution in [2.45, 2.75) is 112 Å². The van der Waals surface area contributed by atoms with E-state index in [0.717, 1.165) is 24.8 Å². The molecule has 43 heavy (non-hydrogen) atoms. The number of carbonyl (C=O) groups is 4. The van der Waals surface area contributed by atoms with Crippen molar-refractivity contribution in [1.82, 2.24) is 15.2 Å². The van der Waals surface area contributed by atoms with E-state index in [1.54, 1.807) is 19.2 Å². The van der Waals surface area contributed by atoms with Gasteiger partial charge < -0.3 is 20.1 Å². The van der Waals surface area contributed by atoms with E-state index in [0.29, 0.717) is 30.8 Å². The zero-order valence-corrected chi connectivity index (χ0v) is 27.5. The number of nitrogens with zero attached hydrogens (tertiary/aromatic N) is 2. The van der Waals surface area contributed by atoms with Gasteiger partial charge in [-0.05, 0) is 51.0 Å². The van der Waals surface area contributed by atoms with Crippen molar-refractivity contribution in [3.63, 3.8) is 0 Å². The molecule has 0 saturated heterocycles. The second kappa shape index (κ2) is 17.1. The van der Waals surface area contributed by atoms with E-state index in [1.165, 1.54) is 18.3 Å². The third kappa shape index (κ3) is 11.4. The number of amides is 2. The van der Waals surface area contributed by atoms with E-state index in [9.17, 15) is 24.3 Å². The molecule has 0 radical (unpaired) electrons. The van der Waals surface area contributed by atoms with Gasteiger partial charge in [-0.25, -0.2) is 4.98 Å². The number of rotatable bonds is 18. The van der Waals surface area contributed by atoms with Gasteiger partial charge in [0.15, 0.2) is 6.10 Å². The van der Waals surface area contributed by atoms with Crippen molar-refractivity contribution < 1.29 is 29.0 Å². The predicted octanol–water partition coefficient (Wildman–Crippen LogP) is 6.43. The fraction of sp³-hybridized carbons (Fsp3) is 0.606. The molecule has 3 unspecified atom stereocenters. The molecule has 1 aromatic heterocycles. The maximum atomic E-state index is 13.4. The van der Waals surface area contributed by atoms with Crippen molar-refractivity contribution >= 4 is 35.1 Å². The van der Waals surface area contributed by atoms with Gasteiger partial charge in [-0.3, -0.25) is 19.2 Å². The smallest absolute Gasteiger partial charge is 0.309 e. The Morgan fingerprint density at radius 1 is 1.09 bits per heavy atom. The number of nitrogens with one attached hydrogen (secondary N) is 1. The summed E-state index contributed by atoms with van der Waals surface area (Å²) < 4.78 is 5.73. The van der Waals surface area contributed by atoms with Crippen LogP contribution in [0, 0.1) is 11.3 Å². The molecule has 0 aliphatic rings. The van der Waals surface area contributed by atoms with Crippen molar-refractivity contribution in [2.75, 3.05) is 6.54 Å². The largest absolute Gasteiger partial charge is 0.481 e. The monoisotopic (exact) mass is 615 g/mol. The molecule has 0 spiro atoms. The van der Waals surface area contributed by atoms with Crippen molar-refractivity contribution in [2.24, 2.45) is 11.3 Å². The maximum absolute atomic E-state index is 13.4. The molecular formula is C33H49N3O6S. The molecule has 0 bridgehead atoms. The Balaban J connectivity index is 2.31. The third-order valence-corrected chi connectivity index (χ3v) is 8.43. The fourth-order valence-electron chi connectivity index (χ4n) is 5.14. The molecule has 2 aromatic rings. The Morgan fingerprint density at radius 2 is 1.77 bits per heavy atom. The lowest BCUT2D eigenvalue weighted by Gasteiger charge is -2.36. The lowest BCUT2D eigenvalue weighted by molar-refractivity contribution is -0.149. The minimum Gasteiger partial charge on any atom is -0.481 e. The minimum atomic E-state index is -1.05. The molecule has 0 aliphatic carbocycles. The summed E-state index contributed by atoms with van der Waals surface area (Å²) in [5.41, 5.74) is 0.104. The van der Waals surface area contributed by atoms with Crippen LogP contribution in [0.2, 0.25) is 0 Å². The highest BCUT2D eigenvalue weighted by molar-refractivity contribution is 7.09. The topological polar surface area (TPSA) is 126 Å². The van der Waals surface area contributed by atoms with Crippen LogP contribution < -0.4 is 5.32 Å². The van der Waals surface area contributed by atoms with Gasteiger partial charge in [0.1, 0.15) is 10.7 Å². The summed E-state index contributed by atoms with van der Waals surface area (Å²) in [6.07, 6.45) is 3.37. The van der Waals surface area contributed by atoms with Gasteiger partial charge >= 0.3 is 11.9 Å². The number of carboxylic acids is 1. The number of unbranched alkanes of at least 4 members (excludes halogenated alkanes) is 1. The van der Waals surface area contributed by atoms with E-state index in [1.807, 2.05) is 42.2 Å². The number of hydrogen-bond acceptors (Lipinski definition) is 7. The van der Waals surface area contributed by atoms with Gasteiger partial charge in [0, 0.05) is 43.8 Å². The molecule has 3 atom stereocenters. The number of carbonyl (C=O) groups excluding carboxylic acids is 3. The predicted molar refractivity (Wildman–Crippen MR) is 169 cm³/mol. The highest BCUT2D eigenvalue weighted by atomic mass is 32.1. The SMILES string of the molecule is CCCCC(=O)N(CCC)C(CC(OC(C)=O)c1nc(C(=O)NC(Cc2ccccc2)CC(C)(C)C(=O)O)cs1)C(C)C. The van der Waals surface area contributed by atoms with Crippen LogP contribution in [0.3, 0.4) is 0 Å². The minimum absolute atomic E-state index is 0.0944. The first-order chi connectivity index (χ1) is 20.3.